The molecule has 1 rings (SSSR count). The molecule has 0 atom stereocenters. The maximum absolute atomic E-state index is 10.0. The second kappa shape index (κ2) is 2.25. The fraction of sp³-hybridized carbons (Fsp3) is 0.250. The second-order valence-electron chi connectivity index (χ2n) is 1.50. The van der Waals surface area contributed by atoms with Crippen LogP contribution in [-0.2, 0) is 4.79 Å². The van der Waals surface area contributed by atoms with E-state index in [-0.39, 0.29) is 0 Å². The van der Waals surface area contributed by atoms with Gasteiger partial charge < -0.3 is 0 Å². The van der Waals surface area contributed by atoms with E-state index < -0.39 is 0 Å². The van der Waals surface area contributed by atoms with Crippen LogP contribution in [0.2, 0.25) is 0 Å². The lowest BCUT2D eigenvalue weighted by Crippen LogP contribution is -2.28. The van der Waals surface area contributed by atoms with Gasteiger partial charge >= 0.3 is 0 Å². The summed E-state index contributed by atoms with van der Waals surface area (Å²) in [6, 6.07) is 0. The van der Waals surface area contributed by atoms with Crippen molar-refractivity contribution in [3.05, 3.63) is 12.4 Å². The summed E-state index contributed by atoms with van der Waals surface area (Å²) in [5, 5.41) is 8.32. The lowest BCUT2D eigenvalue weighted by molar-refractivity contribution is -0.108. The summed E-state index contributed by atoms with van der Waals surface area (Å²) in [6.45, 7) is 0. The van der Waals surface area contributed by atoms with Gasteiger partial charge in [-0.3, -0.25) is 4.79 Å². The molecule has 1 aromatic rings. The Labute approximate surface area is 51.8 Å². The molecule has 5 heteroatoms. The van der Waals surface area contributed by atoms with E-state index >= 15 is 0 Å². The quantitative estimate of drug-likeness (QED) is 0.478. The van der Waals surface area contributed by atoms with Crippen molar-refractivity contribution >= 4 is 6.41 Å². The number of nitrogens with zero attached hydrogens (tertiary/aromatic N) is 4. The number of aromatic nitrogens is 3. The zero-order valence-corrected chi connectivity index (χ0v) is 4.93. The van der Waals surface area contributed by atoms with Crippen LogP contribution in [0.3, 0.4) is 0 Å². The normalized spacial score (nSPS) is 9.00. The Morgan fingerprint density at radius 1 is 1.78 bits per heavy atom. The molecule has 0 radical (unpaired) electrons. The van der Waals surface area contributed by atoms with Gasteiger partial charge in [-0.05, 0) is 5.21 Å². The van der Waals surface area contributed by atoms with Crippen LogP contribution in [0, 0.1) is 0 Å². The number of carbonyl (C=O) groups is 1. The topological polar surface area (TPSA) is 51.0 Å². The minimum atomic E-state index is 0.648. The number of amides is 1. The van der Waals surface area contributed by atoms with E-state index in [0.717, 1.165) is 0 Å². The van der Waals surface area contributed by atoms with Crippen molar-refractivity contribution in [3.63, 3.8) is 0 Å². The SMILES string of the molecule is CN(C=O)n1ccnn1. The number of carbonyl (C=O) groups excluding carboxylic acids is 1. The molecule has 48 valence electrons. The first-order chi connectivity index (χ1) is 4.34. The van der Waals surface area contributed by atoms with Gasteiger partial charge in [-0.1, -0.05) is 0 Å². The van der Waals surface area contributed by atoms with Crippen LogP contribution in [0.25, 0.3) is 0 Å². The summed E-state index contributed by atoms with van der Waals surface area (Å²) in [7, 11) is 1.58. The molecule has 9 heavy (non-hydrogen) atoms. The van der Waals surface area contributed by atoms with Crippen LogP contribution < -0.4 is 5.01 Å². The van der Waals surface area contributed by atoms with E-state index in [2.05, 4.69) is 10.3 Å². The summed E-state index contributed by atoms with van der Waals surface area (Å²) >= 11 is 0. The van der Waals surface area contributed by atoms with Gasteiger partial charge in [0.2, 0.25) is 6.41 Å². The van der Waals surface area contributed by atoms with E-state index in [9.17, 15) is 4.79 Å². The molecule has 0 spiro atoms. The molecule has 0 fully saturated rings. The maximum Gasteiger partial charge on any atom is 0.229 e. The molecule has 1 heterocycles. The van der Waals surface area contributed by atoms with Gasteiger partial charge in [0, 0.05) is 7.05 Å². The van der Waals surface area contributed by atoms with E-state index in [1.165, 1.54) is 16.0 Å². The third kappa shape index (κ3) is 1.04. The predicted molar refractivity (Wildman–Crippen MR) is 30.2 cm³/mol. The first-order valence-electron chi connectivity index (χ1n) is 2.39. The van der Waals surface area contributed by atoms with Gasteiger partial charge in [-0.25, -0.2) is 5.01 Å². The highest BCUT2D eigenvalue weighted by Crippen LogP contribution is 1.76. The van der Waals surface area contributed by atoms with Crippen molar-refractivity contribution in [1.82, 2.24) is 15.1 Å². The van der Waals surface area contributed by atoms with Crippen molar-refractivity contribution in [2.45, 2.75) is 0 Å². The Bertz CT molecular complexity index is 182. The minimum absolute atomic E-state index is 0.648. The number of rotatable bonds is 2. The summed E-state index contributed by atoms with van der Waals surface area (Å²) in [5.74, 6) is 0. The number of hydrogen-bond donors (Lipinski definition) is 0. The lowest BCUT2D eigenvalue weighted by Gasteiger charge is -2.06. The smallest absolute Gasteiger partial charge is 0.229 e. The predicted octanol–water partition coefficient (Wildman–Crippen LogP) is -0.998. The van der Waals surface area contributed by atoms with E-state index in [4.69, 9.17) is 0 Å². The average Bonchev–Trinajstić information content (AvgIpc) is 2.37. The van der Waals surface area contributed by atoms with E-state index in [1.54, 1.807) is 13.2 Å². The third-order valence-electron chi connectivity index (χ3n) is 0.886. The second-order valence-corrected chi connectivity index (χ2v) is 1.50. The van der Waals surface area contributed by atoms with Crippen LogP contribution in [0.5, 0.6) is 0 Å². The molecule has 5 nitrogen and oxygen atoms in total. The highest BCUT2D eigenvalue weighted by molar-refractivity contribution is 5.58. The third-order valence-corrected chi connectivity index (χ3v) is 0.886. The zero-order chi connectivity index (χ0) is 6.69. The standard InChI is InChI=1S/C4H6N4O/c1-7(4-9)8-3-2-5-6-8/h2-4H,1H3. The molecule has 0 bridgehead atoms. The van der Waals surface area contributed by atoms with Gasteiger partial charge in [-0.2, -0.15) is 4.79 Å². The van der Waals surface area contributed by atoms with Crippen molar-refractivity contribution in [2.75, 3.05) is 12.1 Å². The van der Waals surface area contributed by atoms with Crippen LogP contribution in [0.1, 0.15) is 0 Å². The largest absolute Gasteiger partial charge is 0.277 e. The Morgan fingerprint density at radius 3 is 3.00 bits per heavy atom. The molecule has 1 amide bonds. The highest BCUT2D eigenvalue weighted by atomic mass is 16.1. The molecule has 0 aliphatic carbocycles. The summed E-state index contributed by atoms with van der Waals surface area (Å²) in [5.41, 5.74) is 0. The summed E-state index contributed by atoms with van der Waals surface area (Å²) in [4.78, 5) is 11.4. The molecular weight excluding hydrogens is 120 g/mol. The first-order valence-corrected chi connectivity index (χ1v) is 2.39. The van der Waals surface area contributed by atoms with Gasteiger partial charge in [0.05, 0.1) is 12.4 Å². The molecule has 0 aliphatic rings. The van der Waals surface area contributed by atoms with Crippen molar-refractivity contribution in [3.8, 4) is 0 Å². The van der Waals surface area contributed by atoms with Gasteiger partial charge in [0.15, 0.2) is 0 Å². The molecule has 1 aromatic heterocycles. The Hall–Kier alpha value is -1.39. The molecular formula is C4H6N4O. The van der Waals surface area contributed by atoms with Crippen molar-refractivity contribution in [2.24, 2.45) is 0 Å². The monoisotopic (exact) mass is 126 g/mol. The zero-order valence-electron chi connectivity index (χ0n) is 4.93. The maximum atomic E-state index is 10.0. The Balaban J connectivity index is 2.76. The van der Waals surface area contributed by atoms with E-state index in [0.29, 0.717) is 6.41 Å². The average molecular weight is 126 g/mol. The number of hydrogen-bond acceptors (Lipinski definition) is 3. The first kappa shape index (κ1) is 5.74. The van der Waals surface area contributed by atoms with Crippen LogP contribution >= 0.6 is 0 Å². The Kier molecular flexibility index (Phi) is 1.44. The van der Waals surface area contributed by atoms with Gasteiger partial charge in [0.1, 0.15) is 0 Å². The van der Waals surface area contributed by atoms with Gasteiger partial charge in [0.25, 0.3) is 0 Å². The van der Waals surface area contributed by atoms with Crippen molar-refractivity contribution in [1.29, 1.82) is 0 Å². The van der Waals surface area contributed by atoms with Crippen LogP contribution in [-0.4, -0.2) is 28.6 Å². The fourth-order valence-electron chi connectivity index (χ4n) is 0.419. The lowest BCUT2D eigenvalue weighted by atomic mass is 10.9. The van der Waals surface area contributed by atoms with Crippen LogP contribution in [0.4, 0.5) is 0 Å². The molecule has 0 aliphatic heterocycles. The molecule has 0 N–H and O–H groups in total. The fourth-order valence-corrected chi connectivity index (χ4v) is 0.419. The summed E-state index contributed by atoms with van der Waals surface area (Å²) in [6.07, 6.45) is 3.73. The van der Waals surface area contributed by atoms with E-state index in [1.807, 2.05) is 0 Å². The molecule has 0 unspecified atom stereocenters. The Morgan fingerprint density at radius 2 is 2.56 bits per heavy atom. The highest BCUT2D eigenvalue weighted by Gasteiger charge is 1.92. The molecule has 0 aromatic carbocycles. The minimum Gasteiger partial charge on any atom is -0.277 e. The molecule has 0 saturated carbocycles. The van der Waals surface area contributed by atoms with Gasteiger partial charge in [-0.15, -0.1) is 5.10 Å². The summed E-state index contributed by atoms with van der Waals surface area (Å²) < 4.78 is 0. The van der Waals surface area contributed by atoms with Crippen molar-refractivity contribution < 1.29 is 4.79 Å². The molecule has 0 saturated heterocycles. The van der Waals surface area contributed by atoms with Crippen LogP contribution in [0.15, 0.2) is 12.4 Å².